The predicted molar refractivity (Wildman–Crippen MR) is 83.5 cm³/mol. The number of anilines is 1. The van der Waals surface area contributed by atoms with Crippen molar-refractivity contribution in [3.8, 4) is 0 Å². The van der Waals surface area contributed by atoms with Crippen LogP contribution in [0.1, 0.15) is 16.8 Å². The molecule has 25 heavy (non-hydrogen) atoms. The standard InChI is InChI=1S/C16H16F3N3O3/c17-16(18,19)3-6-25-15(23)12-9-11-1-2-13(21-14(11)20-10-12)22-4-7-24-8-5-22/h1-2,9-10H,3-8H2. The Bertz CT molecular complexity index is 761. The van der Waals surface area contributed by atoms with Gasteiger partial charge in [-0.05, 0) is 18.2 Å². The van der Waals surface area contributed by atoms with Crippen molar-refractivity contribution >= 4 is 22.8 Å². The Hall–Kier alpha value is -2.42. The zero-order valence-electron chi connectivity index (χ0n) is 13.3. The lowest BCUT2D eigenvalue weighted by Gasteiger charge is -2.27. The van der Waals surface area contributed by atoms with Gasteiger partial charge in [-0.1, -0.05) is 0 Å². The van der Waals surface area contributed by atoms with Crippen LogP contribution in [-0.4, -0.2) is 55.0 Å². The normalized spacial score (nSPS) is 15.4. The quantitative estimate of drug-likeness (QED) is 0.786. The minimum absolute atomic E-state index is 0.0931. The highest BCUT2D eigenvalue weighted by atomic mass is 19.4. The number of rotatable bonds is 4. The van der Waals surface area contributed by atoms with Crippen LogP contribution in [0, 0.1) is 0 Å². The molecule has 1 aliphatic rings. The first-order chi connectivity index (χ1) is 11.9. The number of halogens is 3. The molecule has 3 heterocycles. The van der Waals surface area contributed by atoms with Gasteiger partial charge in [-0.2, -0.15) is 13.2 Å². The molecule has 0 aliphatic carbocycles. The van der Waals surface area contributed by atoms with Crippen LogP contribution in [0.2, 0.25) is 0 Å². The highest BCUT2D eigenvalue weighted by molar-refractivity contribution is 5.93. The molecule has 3 rings (SSSR count). The van der Waals surface area contributed by atoms with Crippen LogP contribution in [0.3, 0.4) is 0 Å². The molecule has 0 atom stereocenters. The van der Waals surface area contributed by atoms with Gasteiger partial charge >= 0.3 is 12.1 Å². The second-order valence-electron chi connectivity index (χ2n) is 5.54. The van der Waals surface area contributed by atoms with Gasteiger partial charge < -0.3 is 14.4 Å². The number of fused-ring (bicyclic) bond motifs is 1. The van der Waals surface area contributed by atoms with Crippen molar-refractivity contribution in [1.82, 2.24) is 9.97 Å². The summed E-state index contributed by atoms with van der Waals surface area (Å²) in [5.41, 5.74) is 0.548. The van der Waals surface area contributed by atoms with E-state index in [9.17, 15) is 18.0 Å². The van der Waals surface area contributed by atoms with Gasteiger partial charge in [0.1, 0.15) is 12.4 Å². The fraction of sp³-hybridized carbons (Fsp3) is 0.438. The number of carbonyl (C=O) groups excluding carboxylic acids is 1. The van der Waals surface area contributed by atoms with E-state index in [-0.39, 0.29) is 5.56 Å². The van der Waals surface area contributed by atoms with Crippen LogP contribution in [0.5, 0.6) is 0 Å². The number of morpholine rings is 1. The zero-order chi connectivity index (χ0) is 17.9. The van der Waals surface area contributed by atoms with E-state index in [4.69, 9.17) is 4.74 Å². The van der Waals surface area contributed by atoms with Crippen LogP contribution in [-0.2, 0) is 9.47 Å². The number of esters is 1. The molecule has 2 aromatic heterocycles. The highest BCUT2D eigenvalue weighted by Gasteiger charge is 2.27. The maximum atomic E-state index is 12.1. The molecule has 0 radical (unpaired) electrons. The van der Waals surface area contributed by atoms with Crippen molar-refractivity contribution in [2.45, 2.75) is 12.6 Å². The van der Waals surface area contributed by atoms with Crippen LogP contribution < -0.4 is 4.90 Å². The van der Waals surface area contributed by atoms with E-state index in [1.54, 1.807) is 6.07 Å². The number of hydrogen-bond donors (Lipinski definition) is 0. The molecule has 1 saturated heterocycles. The smallest absolute Gasteiger partial charge is 0.392 e. The summed E-state index contributed by atoms with van der Waals surface area (Å²) in [4.78, 5) is 22.5. The van der Waals surface area contributed by atoms with Crippen molar-refractivity contribution in [3.05, 3.63) is 30.0 Å². The van der Waals surface area contributed by atoms with Crippen LogP contribution in [0.15, 0.2) is 24.4 Å². The molecular formula is C16H16F3N3O3. The van der Waals surface area contributed by atoms with Crippen LogP contribution in [0.25, 0.3) is 11.0 Å². The largest absolute Gasteiger partial charge is 0.462 e. The number of nitrogens with zero attached hydrogens (tertiary/aromatic N) is 3. The van der Waals surface area contributed by atoms with Gasteiger partial charge in [0.2, 0.25) is 0 Å². The van der Waals surface area contributed by atoms with Crippen LogP contribution in [0.4, 0.5) is 19.0 Å². The first-order valence-electron chi connectivity index (χ1n) is 7.76. The van der Waals surface area contributed by atoms with Crippen molar-refractivity contribution in [2.24, 2.45) is 0 Å². The lowest BCUT2D eigenvalue weighted by atomic mass is 10.2. The fourth-order valence-corrected chi connectivity index (χ4v) is 2.42. The number of ether oxygens (including phenoxy) is 2. The average molecular weight is 355 g/mol. The third kappa shape index (κ3) is 4.56. The molecule has 6 nitrogen and oxygen atoms in total. The maximum absolute atomic E-state index is 12.1. The summed E-state index contributed by atoms with van der Waals surface area (Å²) < 4.78 is 46.2. The lowest BCUT2D eigenvalue weighted by molar-refractivity contribution is -0.141. The fourth-order valence-electron chi connectivity index (χ4n) is 2.42. The molecule has 0 unspecified atom stereocenters. The van der Waals surface area contributed by atoms with E-state index in [0.717, 1.165) is 18.9 Å². The predicted octanol–water partition coefficient (Wildman–Crippen LogP) is 2.58. The Kier molecular flexibility index (Phi) is 5.03. The monoisotopic (exact) mass is 355 g/mol. The first-order valence-corrected chi connectivity index (χ1v) is 7.76. The summed E-state index contributed by atoms with van der Waals surface area (Å²) in [5, 5.41) is 0.613. The Morgan fingerprint density at radius 3 is 2.76 bits per heavy atom. The summed E-state index contributed by atoms with van der Waals surface area (Å²) in [6.45, 7) is 2.03. The van der Waals surface area contributed by atoms with E-state index >= 15 is 0 Å². The first kappa shape index (κ1) is 17.4. The van der Waals surface area contributed by atoms with Crippen molar-refractivity contribution in [1.29, 1.82) is 0 Å². The number of hydrogen-bond acceptors (Lipinski definition) is 6. The van der Waals surface area contributed by atoms with E-state index < -0.39 is 25.2 Å². The summed E-state index contributed by atoms with van der Waals surface area (Å²) in [7, 11) is 0. The second-order valence-corrected chi connectivity index (χ2v) is 5.54. The maximum Gasteiger partial charge on any atom is 0.392 e. The molecule has 0 amide bonds. The number of pyridine rings is 2. The molecule has 1 fully saturated rings. The number of alkyl halides is 3. The molecule has 0 aromatic carbocycles. The molecule has 2 aromatic rings. The highest BCUT2D eigenvalue weighted by Crippen LogP contribution is 2.21. The summed E-state index contributed by atoms with van der Waals surface area (Å²) in [5.74, 6) is -0.0697. The Balaban J connectivity index is 1.70. The summed E-state index contributed by atoms with van der Waals surface area (Å²) >= 11 is 0. The number of aromatic nitrogens is 2. The molecule has 134 valence electrons. The van der Waals surface area contributed by atoms with E-state index in [1.165, 1.54) is 12.3 Å². The summed E-state index contributed by atoms with van der Waals surface area (Å²) in [6, 6.07) is 5.09. The van der Waals surface area contributed by atoms with Crippen molar-refractivity contribution < 1.29 is 27.4 Å². The van der Waals surface area contributed by atoms with E-state index in [0.29, 0.717) is 24.2 Å². The van der Waals surface area contributed by atoms with Gasteiger partial charge in [0.05, 0.1) is 25.2 Å². The molecule has 0 bridgehead atoms. The van der Waals surface area contributed by atoms with E-state index in [2.05, 4.69) is 19.6 Å². The summed E-state index contributed by atoms with van der Waals surface area (Å²) in [6.07, 6.45) is -4.28. The Morgan fingerprint density at radius 1 is 1.28 bits per heavy atom. The van der Waals surface area contributed by atoms with Gasteiger partial charge in [0, 0.05) is 24.7 Å². The number of carbonyl (C=O) groups is 1. The minimum Gasteiger partial charge on any atom is -0.462 e. The van der Waals surface area contributed by atoms with Crippen molar-refractivity contribution in [3.63, 3.8) is 0 Å². The molecule has 1 aliphatic heterocycles. The minimum atomic E-state index is -4.36. The van der Waals surface area contributed by atoms with Gasteiger partial charge in [-0.3, -0.25) is 0 Å². The van der Waals surface area contributed by atoms with Gasteiger partial charge in [-0.15, -0.1) is 0 Å². The van der Waals surface area contributed by atoms with Crippen molar-refractivity contribution in [2.75, 3.05) is 37.8 Å². The molecule has 0 saturated carbocycles. The topological polar surface area (TPSA) is 64.5 Å². The van der Waals surface area contributed by atoms with Gasteiger partial charge in [0.25, 0.3) is 0 Å². The van der Waals surface area contributed by atoms with E-state index in [1.807, 2.05) is 6.07 Å². The van der Waals surface area contributed by atoms with Crippen LogP contribution >= 0.6 is 0 Å². The Labute approximate surface area is 141 Å². The Morgan fingerprint density at radius 2 is 2.04 bits per heavy atom. The third-order valence-electron chi connectivity index (χ3n) is 3.72. The zero-order valence-corrected chi connectivity index (χ0v) is 13.3. The third-order valence-corrected chi connectivity index (χ3v) is 3.72. The van der Waals surface area contributed by atoms with Gasteiger partial charge in [-0.25, -0.2) is 14.8 Å². The molecule has 0 N–H and O–H groups in total. The molecule has 9 heteroatoms. The van der Waals surface area contributed by atoms with Gasteiger partial charge in [0.15, 0.2) is 5.65 Å². The SMILES string of the molecule is O=C(OCCC(F)(F)F)c1cnc2nc(N3CCOCC3)ccc2c1. The molecular weight excluding hydrogens is 339 g/mol. The average Bonchev–Trinajstić information content (AvgIpc) is 2.60. The second kappa shape index (κ2) is 7.22. The molecule has 0 spiro atoms. The lowest BCUT2D eigenvalue weighted by Crippen LogP contribution is -2.36.